The van der Waals surface area contributed by atoms with Crippen molar-refractivity contribution >= 4 is 17.5 Å². The number of aryl methyl sites for hydroxylation is 2. The Kier molecular flexibility index (Phi) is 6.50. The third-order valence-electron chi connectivity index (χ3n) is 5.73. The zero-order valence-electron chi connectivity index (χ0n) is 18.4. The molecule has 1 aliphatic rings. The number of rotatable bonds is 5. The Morgan fingerprint density at radius 2 is 1.59 bits per heavy atom. The summed E-state index contributed by atoms with van der Waals surface area (Å²) >= 11 is 0. The Morgan fingerprint density at radius 3 is 2.25 bits per heavy atom. The highest BCUT2D eigenvalue weighted by atomic mass is 16.5. The van der Waals surface area contributed by atoms with E-state index in [4.69, 9.17) is 4.74 Å². The molecule has 0 atom stereocenters. The number of benzene rings is 2. The summed E-state index contributed by atoms with van der Waals surface area (Å²) in [4.78, 5) is 31.2. The molecule has 0 radical (unpaired) electrons. The van der Waals surface area contributed by atoms with Gasteiger partial charge < -0.3 is 15.0 Å². The summed E-state index contributed by atoms with van der Waals surface area (Å²) < 4.78 is 5.78. The average molecular weight is 430 g/mol. The van der Waals surface area contributed by atoms with Gasteiger partial charge in [-0.2, -0.15) is 0 Å². The first-order valence-electron chi connectivity index (χ1n) is 10.9. The Labute approximate surface area is 188 Å². The molecule has 1 fully saturated rings. The second kappa shape index (κ2) is 9.64. The zero-order chi connectivity index (χ0) is 22.5. The van der Waals surface area contributed by atoms with Crippen molar-refractivity contribution in [2.24, 2.45) is 0 Å². The van der Waals surface area contributed by atoms with E-state index in [2.05, 4.69) is 10.3 Å². The second-order valence-electron chi connectivity index (χ2n) is 8.12. The van der Waals surface area contributed by atoms with Crippen molar-refractivity contribution in [3.63, 3.8) is 0 Å². The molecule has 2 heterocycles. The number of ether oxygens (including phenoxy) is 1. The van der Waals surface area contributed by atoms with E-state index in [9.17, 15) is 9.59 Å². The molecule has 6 heteroatoms. The highest BCUT2D eigenvalue weighted by molar-refractivity contribution is 6.04. The van der Waals surface area contributed by atoms with E-state index in [1.165, 1.54) is 6.42 Å². The summed E-state index contributed by atoms with van der Waals surface area (Å²) in [6.07, 6.45) is 4.89. The molecule has 1 saturated heterocycles. The maximum Gasteiger partial charge on any atom is 0.255 e. The number of nitrogens with zero attached hydrogens (tertiary/aromatic N) is 2. The number of hydrogen-bond acceptors (Lipinski definition) is 4. The monoisotopic (exact) mass is 429 g/mol. The van der Waals surface area contributed by atoms with E-state index in [1.54, 1.807) is 42.6 Å². The van der Waals surface area contributed by atoms with Gasteiger partial charge in [-0.05, 0) is 86.7 Å². The predicted octanol–water partition coefficient (Wildman–Crippen LogP) is 5.37. The molecule has 1 aliphatic heterocycles. The van der Waals surface area contributed by atoms with Gasteiger partial charge in [0.2, 0.25) is 5.88 Å². The van der Waals surface area contributed by atoms with Crippen LogP contribution in [-0.2, 0) is 0 Å². The van der Waals surface area contributed by atoms with Gasteiger partial charge in [-0.15, -0.1) is 0 Å². The highest BCUT2D eigenvalue weighted by Gasteiger charge is 2.18. The van der Waals surface area contributed by atoms with Gasteiger partial charge in [0.25, 0.3) is 11.8 Å². The number of carbonyl (C=O) groups excluding carboxylic acids is 2. The van der Waals surface area contributed by atoms with E-state index in [0.29, 0.717) is 28.4 Å². The molecule has 1 N–H and O–H groups in total. The number of aromatic nitrogens is 1. The van der Waals surface area contributed by atoms with Crippen molar-refractivity contribution in [2.75, 3.05) is 18.4 Å². The first-order chi connectivity index (χ1) is 15.5. The summed E-state index contributed by atoms with van der Waals surface area (Å²) in [6.45, 7) is 5.65. The Bertz CT molecular complexity index is 1100. The fourth-order valence-corrected chi connectivity index (χ4v) is 3.67. The molecular formula is C26H27N3O3. The summed E-state index contributed by atoms with van der Waals surface area (Å²) in [6, 6.07) is 16.2. The van der Waals surface area contributed by atoms with E-state index >= 15 is 0 Å². The number of anilines is 1. The molecule has 2 aromatic carbocycles. The Balaban J connectivity index is 1.35. The molecule has 2 amide bonds. The van der Waals surface area contributed by atoms with Crippen LogP contribution < -0.4 is 10.1 Å². The molecule has 1 aromatic heterocycles. The maximum absolute atomic E-state index is 12.6. The number of likely N-dealkylation sites (tertiary alicyclic amines) is 1. The number of amides is 2. The standard InChI is InChI=1S/C26H27N3O3/c1-18-6-7-21(16-19(18)2)25(30)28-22-10-13-24(27-17-22)32-23-11-8-20(9-12-23)26(31)29-14-4-3-5-15-29/h6-13,16-17H,3-5,14-15H2,1-2H3,(H,28,30). The lowest BCUT2D eigenvalue weighted by Crippen LogP contribution is -2.35. The molecule has 0 bridgehead atoms. The average Bonchev–Trinajstić information content (AvgIpc) is 2.82. The first kappa shape index (κ1) is 21.6. The summed E-state index contributed by atoms with van der Waals surface area (Å²) in [7, 11) is 0. The van der Waals surface area contributed by atoms with Crippen molar-refractivity contribution in [1.82, 2.24) is 9.88 Å². The number of nitrogens with one attached hydrogen (secondary N) is 1. The predicted molar refractivity (Wildman–Crippen MR) is 124 cm³/mol. The molecule has 0 spiro atoms. The zero-order valence-corrected chi connectivity index (χ0v) is 18.4. The molecule has 0 unspecified atom stereocenters. The fourth-order valence-electron chi connectivity index (χ4n) is 3.67. The van der Waals surface area contributed by atoms with Crippen LogP contribution in [0.15, 0.2) is 60.8 Å². The van der Waals surface area contributed by atoms with Gasteiger partial charge in [0.05, 0.1) is 11.9 Å². The quantitative estimate of drug-likeness (QED) is 0.592. The minimum absolute atomic E-state index is 0.0678. The normalized spacial score (nSPS) is 13.5. The summed E-state index contributed by atoms with van der Waals surface area (Å²) in [5.74, 6) is 0.889. The number of pyridine rings is 1. The van der Waals surface area contributed by atoms with Gasteiger partial charge in [0, 0.05) is 30.3 Å². The van der Waals surface area contributed by atoms with Crippen LogP contribution in [0, 0.1) is 13.8 Å². The van der Waals surface area contributed by atoms with E-state index in [-0.39, 0.29) is 11.8 Å². The van der Waals surface area contributed by atoms with Gasteiger partial charge in [0.15, 0.2) is 0 Å². The minimum atomic E-state index is -0.183. The van der Waals surface area contributed by atoms with Gasteiger partial charge in [-0.1, -0.05) is 6.07 Å². The third kappa shape index (κ3) is 5.14. The minimum Gasteiger partial charge on any atom is -0.439 e. The van der Waals surface area contributed by atoms with Gasteiger partial charge in [-0.3, -0.25) is 9.59 Å². The van der Waals surface area contributed by atoms with E-state index < -0.39 is 0 Å². The lowest BCUT2D eigenvalue weighted by Gasteiger charge is -2.26. The first-order valence-corrected chi connectivity index (χ1v) is 10.9. The van der Waals surface area contributed by atoms with Crippen molar-refractivity contribution < 1.29 is 14.3 Å². The molecule has 0 aliphatic carbocycles. The molecule has 4 rings (SSSR count). The smallest absolute Gasteiger partial charge is 0.255 e. The van der Waals surface area contributed by atoms with Crippen LogP contribution in [0.25, 0.3) is 0 Å². The van der Waals surface area contributed by atoms with Crippen LogP contribution in [0.1, 0.15) is 51.1 Å². The van der Waals surface area contributed by atoms with Crippen LogP contribution in [0.5, 0.6) is 11.6 Å². The van der Waals surface area contributed by atoms with Crippen molar-refractivity contribution in [2.45, 2.75) is 33.1 Å². The van der Waals surface area contributed by atoms with Gasteiger partial charge >= 0.3 is 0 Å². The molecule has 6 nitrogen and oxygen atoms in total. The molecule has 164 valence electrons. The second-order valence-corrected chi connectivity index (χ2v) is 8.12. The Hall–Kier alpha value is -3.67. The molecule has 32 heavy (non-hydrogen) atoms. The molecule has 0 saturated carbocycles. The van der Waals surface area contributed by atoms with Crippen LogP contribution in [0.2, 0.25) is 0 Å². The van der Waals surface area contributed by atoms with Crippen LogP contribution in [0.3, 0.4) is 0 Å². The Morgan fingerprint density at radius 1 is 0.875 bits per heavy atom. The van der Waals surface area contributed by atoms with E-state index in [1.807, 2.05) is 36.9 Å². The van der Waals surface area contributed by atoms with Crippen molar-refractivity contribution in [1.29, 1.82) is 0 Å². The van der Waals surface area contributed by atoms with Crippen LogP contribution in [-0.4, -0.2) is 34.8 Å². The number of carbonyl (C=O) groups is 2. The maximum atomic E-state index is 12.6. The summed E-state index contributed by atoms with van der Waals surface area (Å²) in [5.41, 5.74) is 4.07. The van der Waals surface area contributed by atoms with Crippen LogP contribution >= 0.6 is 0 Å². The number of hydrogen-bond donors (Lipinski definition) is 1. The van der Waals surface area contributed by atoms with Crippen molar-refractivity contribution in [3.8, 4) is 11.6 Å². The third-order valence-corrected chi connectivity index (χ3v) is 5.73. The highest BCUT2D eigenvalue weighted by Crippen LogP contribution is 2.22. The molecular weight excluding hydrogens is 402 g/mol. The summed E-state index contributed by atoms with van der Waals surface area (Å²) in [5, 5.41) is 2.85. The largest absolute Gasteiger partial charge is 0.439 e. The lowest BCUT2D eigenvalue weighted by molar-refractivity contribution is 0.0724. The van der Waals surface area contributed by atoms with Gasteiger partial charge in [0.1, 0.15) is 5.75 Å². The molecule has 3 aromatic rings. The number of piperidine rings is 1. The lowest BCUT2D eigenvalue weighted by atomic mass is 10.1. The van der Waals surface area contributed by atoms with Crippen molar-refractivity contribution in [3.05, 3.63) is 83.0 Å². The van der Waals surface area contributed by atoms with E-state index in [0.717, 1.165) is 37.1 Å². The van der Waals surface area contributed by atoms with Crippen LogP contribution in [0.4, 0.5) is 5.69 Å². The topological polar surface area (TPSA) is 71.5 Å². The van der Waals surface area contributed by atoms with Gasteiger partial charge in [-0.25, -0.2) is 4.98 Å². The SMILES string of the molecule is Cc1ccc(C(=O)Nc2ccc(Oc3ccc(C(=O)N4CCCCC4)cc3)nc2)cc1C. The fraction of sp³-hybridized carbons (Fsp3) is 0.269.